The predicted molar refractivity (Wildman–Crippen MR) is 154 cm³/mol. The van der Waals surface area contributed by atoms with Gasteiger partial charge in [0.25, 0.3) is 5.91 Å². The lowest BCUT2D eigenvalue weighted by Gasteiger charge is -2.13. The number of aromatic nitrogens is 1. The number of amides is 1. The van der Waals surface area contributed by atoms with Gasteiger partial charge in [-0.1, -0.05) is 77.6 Å². The van der Waals surface area contributed by atoms with Gasteiger partial charge in [-0.15, -0.1) is 0 Å². The van der Waals surface area contributed by atoms with Crippen LogP contribution in [0.1, 0.15) is 96.5 Å². The molecule has 1 aromatic heterocycles. The number of halogens is 1. The standard InChI is InChI=1S/C32H50N2O4.HI/c1-4-6-7-8-9-10-11-12-13-14-15-16-24-37-29-19-20-30(31(25-29)36-3)38-27-32(35)33-22-21-28-18-17-23-34(5-2)26-28;/h17-20,23,25-26H,4-16,21-22,24,27H2,1-3H3;1H. The summed E-state index contributed by atoms with van der Waals surface area (Å²) in [5.74, 6) is 1.71. The molecule has 0 atom stereocenters. The van der Waals surface area contributed by atoms with Crippen molar-refractivity contribution in [3.8, 4) is 17.2 Å². The fourth-order valence-corrected chi connectivity index (χ4v) is 4.45. The van der Waals surface area contributed by atoms with Gasteiger partial charge in [0, 0.05) is 24.2 Å². The molecule has 39 heavy (non-hydrogen) atoms. The highest BCUT2D eigenvalue weighted by Gasteiger charge is 2.10. The average Bonchev–Trinajstić information content (AvgIpc) is 2.94. The Balaban J connectivity index is 0.00000760. The van der Waals surface area contributed by atoms with Crippen LogP contribution < -0.4 is 48.1 Å². The van der Waals surface area contributed by atoms with Crippen LogP contribution in [0.15, 0.2) is 42.7 Å². The van der Waals surface area contributed by atoms with E-state index in [0.29, 0.717) is 24.7 Å². The van der Waals surface area contributed by atoms with Crippen LogP contribution in [0.25, 0.3) is 0 Å². The van der Waals surface area contributed by atoms with E-state index in [-0.39, 0.29) is 36.5 Å². The third-order valence-electron chi connectivity index (χ3n) is 6.78. The van der Waals surface area contributed by atoms with Crippen molar-refractivity contribution in [2.24, 2.45) is 0 Å². The molecule has 220 valence electrons. The first kappa shape index (κ1) is 35.0. The number of carbonyl (C=O) groups excluding carboxylic acids is 1. The van der Waals surface area contributed by atoms with Gasteiger partial charge < -0.3 is 43.5 Å². The molecule has 6 nitrogen and oxygen atoms in total. The number of nitrogens with zero attached hydrogens (tertiary/aromatic N) is 1. The summed E-state index contributed by atoms with van der Waals surface area (Å²) in [5.41, 5.74) is 1.19. The number of benzene rings is 1. The Morgan fingerprint density at radius 2 is 1.51 bits per heavy atom. The normalized spacial score (nSPS) is 10.5. The minimum absolute atomic E-state index is 0. The zero-order valence-corrected chi connectivity index (χ0v) is 26.7. The summed E-state index contributed by atoms with van der Waals surface area (Å²) in [6, 6.07) is 9.60. The van der Waals surface area contributed by atoms with Gasteiger partial charge in [0.05, 0.1) is 13.7 Å². The van der Waals surface area contributed by atoms with Crippen molar-refractivity contribution >= 4 is 5.91 Å². The smallest absolute Gasteiger partial charge is 0.257 e. The number of unbranched alkanes of at least 4 members (excludes halogenated alkanes) is 11. The van der Waals surface area contributed by atoms with Gasteiger partial charge in [0.15, 0.2) is 30.5 Å². The van der Waals surface area contributed by atoms with E-state index < -0.39 is 0 Å². The van der Waals surface area contributed by atoms with E-state index in [4.69, 9.17) is 14.2 Å². The summed E-state index contributed by atoms with van der Waals surface area (Å²) in [7, 11) is 1.60. The van der Waals surface area contributed by atoms with Gasteiger partial charge in [0.1, 0.15) is 12.3 Å². The number of pyridine rings is 1. The van der Waals surface area contributed by atoms with Crippen LogP contribution >= 0.6 is 0 Å². The summed E-state index contributed by atoms with van der Waals surface area (Å²) in [6.07, 6.45) is 20.9. The molecule has 0 aliphatic carbocycles. The average molecular weight is 655 g/mol. The summed E-state index contributed by atoms with van der Waals surface area (Å²) >= 11 is 0. The molecular weight excluding hydrogens is 603 g/mol. The number of rotatable bonds is 22. The maximum Gasteiger partial charge on any atom is 0.257 e. The van der Waals surface area contributed by atoms with Crippen LogP contribution in [0.4, 0.5) is 0 Å². The minimum atomic E-state index is -0.154. The molecule has 0 unspecified atom stereocenters. The molecule has 0 aliphatic heterocycles. The molecule has 0 bridgehead atoms. The number of ether oxygens (including phenoxy) is 3. The number of nitrogens with one attached hydrogen (secondary N) is 1. The van der Waals surface area contributed by atoms with E-state index in [1.165, 1.54) is 76.2 Å². The summed E-state index contributed by atoms with van der Waals surface area (Å²) in [4.78, 5) is 12.2. The van der Waals surface area contributed by atoms with Crippen molar-refractivity contribution in [1.29, 1.82) is 0 Å². The second kappa shape index (κ2) is 22.8. The van der Waals surface area contributed by atoms with E-state index in [1.807, 2.05) is 24.4 Å². The number of hydrogen-bond donors (Lipinski definition) is 1. The molecule has 0 saturated carbocycles. The number of aryl methyl sites for hydroxylation is 1. The molecule has 0 fully saturated rings. The van der Waals surface area contributed by atoms with Crippen LogP contribution in [0.2, 0.25) is 0 Å². The number of hydrogen-bond acceptors (Lipinski definition) is 4. The molecule has 1 amide bonds. The minimum Gasteiger partial charge on any atom is -1.00 e. The predicted octanol–water partition coefficient (Wildman–Crippen LogP) is 3.82. The van der Waals surface area contributed by atoms with E-state index in [0.717, 1.165) is 25.1 Å². The van der Waals surface area contributed by atoms with Crippen molar-refractivity contribution in [1.82, 2.24) is 5.32 Å². The van der Waals surface area contributed by atoms with Gasteiger partial charge in [0.2, 0.25) is 0 Å². The Labute approximate surface area is 254 Å². The van der Waals surface area contributed by atoms with E-state index in [1.54, 1.807) is 13.2 Å². The molecule has 2 aromatic rings. The molecule has 0 saturated heterocycles. The Morgan fingerprint density at radius 3 is 2.15 bits per heavy atom. The molecular formula is C32H51IN2O4. The van der Waals surface area contributed by atoms with E-state index in [2.05, 4.69) is 36.0 Å². The number of carbonyl (C=O) groups is 1. The molecule has 1 N–H and O–H groups in total. The van der Waals surface area contributed by atoms with Crippen LogP contribution in [-0.2, 0) is 17.8 Å². The Hall–Kier alpha value is -2.03. The largest absolute Gasteiger partial charge is 1.00 e. The van der Waals surface area contributed by atoms with E-state index in [9.17, 15) is 4.79 Å². The maximum absolute atomic E-state index is 12.2. The monoisotopic (exact) mass is 654 g/mol. The Bertz CT molecular complexity index is 909. The van der Waals surface area contributed by atoms with Crippen molar-refractivity contribution in [3.63, 3.8) is 0 Å². The zero-order chi connectivity index (χ0) is 27.3. The van der Waals surface area contributed by atoms with Crippen LogP contribution in [-0.4, -0.2) is 32.8 Å². The van der Waals surface area contributed by atoms with Crippen molar-refractivity contribution in [3.05, 3.63) is 48.3 Å². The first-order valence-electron chi connectivity index (χ1n) is 14.8. The Kier molecular flexibility index (Phi) is 20.4. The van der Waals surface area contributed by atoms with Crippen molar-refractivity contribution in [2.45, 2.75) is 104 Å². The maximum atomic E-state index is 12.2. The van der Waals surface area contributed by atoms with Gasteiger partial charge in [-0.25, -0.2) is 4.57 Å². The summed E-state index contributed by atoms with van der Waals surface area (Å²) in [6.45, 7) is 6.52. The quantitative estimate of drug-likeness (QED) is 0.119. The molecule has 0 aliphatic rings. The fraction of sp³-hybridized carbons (Fsp3) is 0.625. The SMILES string of the molecule is CCCCCCCCCCCCCCOc1ccc(OCC(=O)NCCc2ccc[n+](CC)c2)c(OC)c1.[I-]. The fourth-order valence-electron chi connectivity index (χ4n) is 4.45. The van der Waals surface area contributed by atoms with E-state index >= 15 is 0 Å². The van der Waals surface area contributed by atoms with Crippen LogP contribution in [0, 0.1) is 0 Å². The van der Waals surface area contributed by atoms with Crippen LogP contribution in [0.5, 0.6) is 17.2 Å². The molecule has 1 heterocycles. The molecule has 2 rings (SSSR count). The first-order valence-corrected chi connectivity index (χ1v) is 14.8. The third kappa shape index (κ3) is 16.0. The topological polar surface area (TPSA) is 60.7 Å². The lowest BCUT2D eigenvalue weighted by Crippen LogP contribution is -3.00. The highest BCUT2D eigenvalue weighted by Crippen LogP contribution is 2.31. The second-order valence-corrected chi connectivity index (χ2v) is 9.98. The molecule has 7 heteroatoms. The third-order valence-corrected chi connectivity index (χ3v) is 6.78. The highest BCUT2D eigenvalue weighted by molar-refractivity contribution is 5.77. The summed E-state index contributed by atoms with van der Waals surface area (Å²) in [5, 5.41) is 2.92. The van der Waals surface area contributed by atoms with Crippen LogP contribution in [0.3, 0.4) is 0 Å². The van der Waals surface area contributed by atoms with Gasteiger partial charge in [-0.3, -0.25) is 4.79 Å². The van der Waals surface area contributed by atoms with Gasteiger partial charge in [-0.05, 0) is 38.0 Å². The highest BCUT2D eigenvalue weighted by atomic mass is 127. The molecule has 0 radical (unpaired) electrons. The lowest BCUT2D eigenvalue weighted by molar-refractivity contribution is -0.694. The lowest BCUT2D eigenvalue weighted by atomic mass is 10.1. The van der Waals surface area contributed by atoms with Gasteiger partial charge >= 0.3 is 0 Å². The van der Waals surface area contributed by atoms with Gasteiger partial charge in [-0.2, -0.15) is 0 Å². The second-order valence-electron chi connectivity index (χ2n) is 9.98. The van der Waals surface area contributed by atoms with Crippen molar-refractivity contribution in [2.75, 3.05) is 26.9 Å². The van der Waals surface area contributed by atoms with Crippen molar-refractivity contribution < 1.29 is 47.5 Å². The Morgan fingerprint density at radius 1 is 0.846 bits per heavy atom. The first-order chi connectivity index (χ1) is 18.7. The zero-order valence-electron chi connectivity index (χ0n) is 24.5. The number of methoxy groups -OCH3 is 1. The summed E-state index contributed by atoms with van der Waals surface area (Å²) < 4.78 is 19.2. The molecule has 0 spiro atoms. The molecule has 1 aromatic carbocycles.